The van der Waals surface area contributed by atoms with E-state index in [9.17, 15) is 4.79 Å². The largest absolute Gasteiger partial charge is 0.335 e. The first-order chi connectivity index (χ1) is 11.7. The van der Waals surface area contributed by atoms with Crippen LogP contribution < -0.4 is 10.6 Å². The van der Waals surface area contributed by atoms with Gasteiger partial charge in [-0.1, -0.05) is 30.3 Å². The third-order valence-corrected chi connectivity index (χ3v) is 5.57. The molecule has 0 atom stereocenters. The highest BCUT2D eigenvalue weighted by Gasteiger charge is 2.20. The molecule has 1 saturated heterocycles. The molecule has 2 amide bonds. The van der Waals surface area contributed by atoms with Crippen molar-refractivity contribution in [3.63, 3.8) is 0 Å². The van der Waals surface area contributed by atoms with Crippen molar-refractivity contribution in [2.24, 2.45) is 0 Å². The summed E-state index contributed by atoms with van der Waals surface area (Å²) in [6, 6.07) is 12.9. The third kappa shape index (κ3) is 4.82. The molecule has 0 aliphatic carbocycles. The molecule has 0 unspecified atom stereocenters. The number of piperidine rings is 1. The van der Waals surface area contributed by atoms with Crippen LogP contribution >= 0.6 is 11.3 Å². The van der Waals surface area contributed by atoms with E-state index >= 15 is 0 Å². The quantitative estimate of drug-likeness (QED) is 0.872. The Kier molecular flexibility index (Phi) is 5.88. The van der Waals surface area contributed by atoms with E-state index in [0.717, 1.165) is 32.5 Å². The second kappa shape index (κ2) is 8.31. The van der Waals surface area contributed by atoms with Crippen LogP contribution in [-0.2, 0) is 13.1 Å². The van der Waals surface area contributed by atoms with Gasteiger partial charge in [-0.05, 0) is 42.3 Å². The van der Waals surface area contributed by atoms with Gasteiger partial charge in [0.1, 0.15) is 0 Å². The molecule has 0 spiro atoms. The summed E-state index contributed by atoms with van der Waals surface area (Å²) in [4.78, 5) is 15.7. The van der Waals surface area contributed by atoms with Crippen LogP contribution in [0.25, 0.3) is 0 Å². The molecule has 4 nitrogen and oxygen atoms in total. The van der Waals surface area contributed by atoms with Crippen molar-refractivity contribution in [2.75, 3.05) is 13.1 Å². The van der Waals surface area contributed by atoms with E-state index in [1.165, 1.54) is 16.0 Å². The van der Waals surface area contributed by atoms with Gasteiger partial charge >= 0.3 is 6.03 Å². The second-order valence-corrected chi connectivity index (χ2v) is 7.39. The number of nitrogens with zero attached hydrogens (tertiary/aromatic N) is 1. The molecule has 2 aromatic rings. The Hall–Kier alpha value is -1.85. The van der Waals surface area contributed by atoms with Crippen molar-refractivity contribution in [1.29, 1.82) is 0 Å². The van der Waals surface area contributed by atoms with Gasteiger partial charge in [0, 0.05) is 30.6 Å². The molecule has 1 aliphatic heterocycles. The Morgan fingerprint density at radius 2 is 1.96 bits per heavy atom. The number of nitrogens with one attached hydrogen (secondary N) is 2. The van der Waals surface area contributed by atoms with Crippen LogP contribution in [0.1, 0.15) is 28.8 Å². The lowest BCUT2D eigenvalue weighted by Gasteiger charge is -2.32. The van der Waals surface area contributed by atoms with Gasteiger partial charge in [-0.3, -0.25) is 4.90 Å². The summed E-state index contributed by atoms with van der Waals surface area (Å²) in [6.07, 6.45) is 2.02. The SMILES string of the molecule is Cc1ccsc1CNC(=O)NC1CCN(Cc2ccccc2)CC1. The predicted molar refractivity (Wildman–Crippen MR) is 99.2 cm³/mol. The van der Waals surface area contributed by atoms with Gasteiger partial charge < -0.3 is 10.6 Å². The number of hydrogen-bond donors (Lipinski definition) is 2. The highest BCUT2D eigenvalue weighted by molar-refractivity contribution is 7.10. The predicted octanol–water partition coefficient (Wildman–Crippen LogP) is 3.52. The van der Waals surface area contributed by atoms with Crippen LogP contribution in [0.4, 0.5) is 4.79 Å². The van der Waals surface area contributed by atoms with E-state index in [4.69, 9.17) is 0 Å². The van der Waals surface area contributed by atoms with Crippen molar-refractivity contribution in [3.8, 4) is 0 Å². The molecule has 1 aromatic heterocycles. The van der Waals surface area contributed by atoms with Crippen molar-refractivity contribution in [2.45, 2.75) is 38.9 Å². The smallest absolute Gasteiger partial charge is 0.315 e. The molecule has 24 heavy (non-hydrogen) atoms. The van der Waals surface area contributed by atoms with Gasteiger partial charge in [-0.25, -0.2) is 4.79 Å². The minimum Gasteiger partial charge on any atom is -0.335 e. The Morgan fingerprint density at radius 1 is 1.21 bits per heavy atom. The zero-order valence-electron chi connectivity index (χ0n) is 14.1. The number of benzene rings is 1. The Morgan fingerprint density at radius 3 is 2.62 bits per heavy atom. The lowest BCUT2D eigenvalue weighted by molar-refractivity contribution is 0.186. The Balaban J connectivity index is 1.37. The molecule has 128 valence electrons. The summed E-state index contributed by atoms with van der Waals surface area (Å²) in [5.74, 6) is 0. The molecule has 1 aromatic carbocycles. The maximum absolute atomic E-state index is 12.1. The first kappa shape index (κ1) is 17.0. The minimum absolute atomic E-state index is 0.0516. The van der Waals surface area contributed by atoms with E-state index in [0.29, 0.717) is 6.54 Å². The Labute approximate surface area is 147 Å². The molecule has 0 bridgehead atoms. The summed E-state index contributed by atoms with van der Waals surface area (Å²) in [6.45, 7) is 5.75. The number of rotatable bonds is 5. The fourth-order valence-corrected chi connectivity index (χ4v) is 3.91. The summed E-state index contributed by atoms with van der Waals surface area (Å²) in [5.41, 5.74) is 2.60. The topological polar surface area (TPSA) is 44.4 Å². The van der Waals surface area contributed by atoms with E-state index in [1.807, 2.05) is 0 Å². The fourth-order valence-electron chi connectivity index (χ4n) is 3.06. The number of aryl methyl sites for hydroxylation is 1. The number of carbonyl (C=O) groups is 1. The first-order valence-corrected chi connectivity index (χ1v) is 9.42. The highest BCUT2D eigenvalue weighted by atomic mass is 32.1. The molecule has 2 N–H and O–H groups in total. The number of amides is 2. The van der Waals surface area contributed by atoms with E-state index in [1.54, 1.807) is 11.3 Å². The van der Waals surface area contributed by atoms with Gasteiger partial charge in [0.25, 0.3) is 0 Å². The molecule has 3 rings (SSSR count). The maximum Gasteiger partial charge on any atom is 0.315 e. The summed E-state index contributed by atoms with van der Waals surface area (Å²) in [7, 11) is 0. The van der Waals surface area contributed by atoms with Gasteiger partial charge in [-0.15, -0.1) is 11.3 Å². The number of urea groups is 1. The van der Waals surface area contributed by atoms with Crippen LogP contribution in [0.2, 0.25) is 0 Å². The van der Waals surface area contributed by atoms with Crippen molar-refractivity contribution in [1.82, 2.24) is 15.5 Å². The minimum atomic E-state index is -0.0516. The van der Waals surface area contributed by atoms with Gasteiger partial charge in [-0.2, -0.15) is 0 Å². The Bertz CT molecular complexity index is 648. The van der Waals surface area contributed by atoms with Crippen LogP contribution in [0.3, 0.4) is 0 Å². The van der Waals surface area contributed by atoms with Crippen LogP contribution in [0, 0.1) is 6.92 Å². The molecule has 5 heteroatoms. The van der Waals surface area contributed by atoms with Crippen molar-refractivity contribution < 1.29 is 4.79 Å². The molecule has 2 heterocycles. The monoisotopic (exact) mass is 343 g/mol. The number of carbonyl (C=O) groups excluding carboxylic acids is 1. The number of likely N-dealkylation sites (tertiary alicyclic amines) is 1. The van der Waals surface area contributed by atoms with Gasteiger partial charge in [0.2, 0.25) is 0 Å². The average molecular weight is 343 g/mol. The van der Waals surface area contributed by atoms with Crippen LogP contribution in [0.15, 0.2) is 41.8 Å². The lowest BCUT2D eigenvalue weighted by Crippen LogP contribution is -2.47. The molecule has 0 radical (unpaired) electrons. The first-order valence-electron chi connectivity index (χ1n) is 8.54. The summed E-state index contributed by atoms with van der Waals surface area (Å²) < 4.78 is 0. The van der Waals surface area contributed by atoms with E-state index < -0.39 is 0 Å². The highest BCUT2D eigenvalue weighted by Crippen LogP contribution is 2.15. The zero-order valence-corrected chi connectivity index (χ0v) is 14.9. The van der Waals surface area contributed by atoms with Gasteiger partial charge in [0.15, 0.2) is 0 Å². The zero-order chi connectivity index (χ0) is 16.8. The number of hydrogen-bond acceptors (Lipinski definition) is 3. The standard InChI is InChI=1S/C19H25N3OS/c1-15-9-12-24-18(15)13-20-19(23)21-17-7-10-22(11-8-17)14-16-5-3-2-4-6-16/h2-6,9,12,17H,7-8,10-11,13-14H2,1H3,(H2,20,21,23). The normalized spacial score (nSPS) is 16.0. The molecule has 0 saturated carbocycles. The average Bonchev–Trinajstić information content (AvgIpc) is 3.01. The molecular formula is C19H25N3OS. The summed E-state index contributed by atoms with van der Waals surface area (Å²) >= 11 is 1.69. The molecular weight excluding hydrogens is 318 g/mol. The number of thiophene rings is 1. The fraction of sp³-hybridized carbons (Fsp3) is 0.421. The third-order valence-electron chi connectivity index (χ3n) is 4.55. The van der Waals surface area contributed by atoms with Crippen molar-refractivity contribution in [3.05, 3.63) is 57.8 Å². The maximum atomic E-state index is 12.1. The van der Waals surface area contributed by atoms with Gasteiger partial charge in [0.05, 0.1) is 6.54 Å². The molecule has 1 fully saturated rings. The van der Waals surface area contributed by atoms with Crippen LogP contribution in [0.5, 0.6) is 0 Å². The van der Waals surface area contributed by atoms with E-state index in [2.05, 4.69) is 64.2 Å². The van der Waals surface area contributed by atoms with E-state index in [-0.39, 0.29) is 12.1 Å². The van der Waals surface area contributed by atoms with Crippen molar-refractivity contribution >= 4 is 17.4 Å². The molecule has 1 aliphatic rings. The second-order valence-electron chi connectivity index (χ2n) is 6.39. The van der Waals surface area contributed by atoms with Crippen LogP contribution in [-0.4, -0.2) is 30.1 Å². The summed E-state index contributed by atoms with van der Waals surface area (Å²) in [5, 5.41) is 8.15. The lowest BCUT2D eigenvalue weighted by atomic mass is 10.0.